The number of amides is 2. The molecular formula is C25H36N4O3SSi. The van der Waals surface area contributed by atoms with Crippen molar-refractivity contribution in [2.24, 2.45) is 0 Å². The summed E-state index contributed by atoms with van der Waals surface area (Å²) in [5, 5.41) is 0.839. The highest BCUT2D eigenvalue weighted by molar-refractivity contribution is 7.98. The molecular weight excluding hydrogens is 464 g/mol. The van der Waals surface area contributed by atoms with E-state index < -0.39 is 8.32 Å². The van der Waals surface area contributed by atoms with Crippen molar-refractivity contribution in [2.45, 2.75) is 82.0 Å². The maximum atomic E-state index is 13.9. The zero-order valence-electron chi connectivity index (χ0n) is 21.3. The first kappa shape index (κ1) is 25.0. The van der Waals surface area contributed by atoms with Gasteiger partial charge >= 0.3 is 6.03 Å². The van der Waals surface area contributed by atoms with Crippen LogP contribution in [0.25, 0.3) is 0 Å². The third kappa shape index (κ3) is 4.83. The maximum absolute atomic E-state index is 13.9. The lowest BCUT2D eigenvalue weighted by molar-refractivity contribution is 0.186. The summed E-state index contributed by atoms with van der Waals surface area (Å²) < 4.78 is 12.0. The summed E-state index contributed by atoms with van der Waals surface area (Å²) in [5.41, 5.74) is 1.80. The van der Waals surface area contributed by atoms with E-state index in [0.717, 1.165) is 42.1 Å². The molecule has 184 valence electrons. The molecule has 2 amide bonds. The van der Waals surface area contributed by atoms with Gasteiger partial charge in [-0.15, -0.1) is 0 Å². The van der Waals surface area contributed by atoms with Crippen LogP contribution in [-0.4, -0.2) is 49.8 Å². The van der Waals surface area contributed by atoms with Gasteiger partial charge in [0.05, 0.1) is 13.7 Å². The number of nitrogens with zero attached hydrogens (tertiary/aromatic N) is 4. The molecule has 9 heteroatoms. The molecule has 0 saturated heterocycles. The first-order chi connectivity index (χ1) is 16.0. The Bertz CT molecular complexity index is 1040. The number of fused-ring (bicyclic) bond motifs is 1. The molecule has 1 aromatic carbocycles. The summed E-state index contributed by atoms with van der Waals surface area (Å²) in [6.07, 6.45) is 6.67. The minimum atomic E-state index is -1.88. The molecule has 1 saturated carbocycles. The van der Waals surface area contributed by atoms with Gasteiger partial charge in [-0.05, 0) is 67.9 Å². The molecule has 2 aromatic rings. The highest BCUT2D eigenvalue weighted by atomic mass is 32.2. The Morgan fingerprint density at radius 1 is 1.15 bits per heavy atom. The quantitative estimate of drug-likeness (QED) is 0.271. The number of thioether (sulfide) groups is 1. The molecule has 0 unspecified atom stereocenters. The lowest BCUT2D eigenvalue weighted by Gasteiger charge is -2.40. The third-order valence-electron chi connectivity index (χ3n) is 7.37. The van der Waals surface area contributed by atoms with E-state index in [9.17, 15) is 4.79 Å². The lowest BCUT2D eigenvalue weighted by Crippen LogP contribution is -2.52. The van der Waals surface area contributed by atoms with Crippen molar-refractivity contribution in [3.05, 3.63) is 36.0 Å². The van der Waals surface area contributed by atoms with Gasteiger partial charge in [-0.3, -0.25) is 9.80 Å². The number of hydrogen-bond acceptors (Lipinski definition) is 6. The van der Waals surface area contributed by atoms with E-state index in [4.69, 9.17) is 14.1 Å². The average molecular weight is 501 g/mol. The largest absolute Gasteiger partial charge is 0.497 e. The first-order valence-electron chi connectivity index (χ1n) is 11.9. The molecule has 2 atom stereocenters. The Labute approximate surface area is 208 Å². The molecule has 1 fully saturated rings. The summed E-state index contributed by atoms with van der Waals surface area (Å²) in [6, 6.07) is 7.63. The minimum Gasteiger partial charge on any atom is -0.497 e. The van der Waals surface area contributed by atoms with Crippen molar-refractivity contribution in [1.82, 2.24) is 9.97 Å². The van der Waals surface area contributed by atoms with Gasteiger partial charge < -0.3 is 9.16 Å². The Hall–Kier alpha value is -2.10. The van der Waals surface area contributed by atoms with Gasteiger partial charge in [0.2, 0.25) is 0 Å². The van der Waals surface area contributed by atoms with E-state index in [0.29, 0.717) is 11.7 Å². The molecule has 0 spiro atoms. The minimum absolute atomic E-state index is 0.0404. The van der Waals surface area contributed by atoms with Crippen molar-refractivity contribution in [2.75, 3.05) is 23.2 Å². The van der Waals surface area contributed by atoms with E-state index in [1.54, 1.807) is 7.11 Å². The zero-order valence-corrected chi connectivity index (χ0v) is 23.1. The van der Waals surface area contributed by atoms with Crippen LogP contribution in [0.2, 0.25) is 18.1 Å². The van der Waals surface area contributed by atoms with Crippen molar-refractivity contribution < 1.29 is 14.0 Å². The number of rotatable bonds is 6. The van der Waals surface area contributed by atoms with Crippen LogP contribution in [0.15, 0.2) is 35.6 Å². The lowest BCUT2D eigenvalue weighted by atomic mass is 10.1. The van der Waals surface area contributed by atoms with E-state index in [-0.39, 0.29) is 23.2 Å². The molecule has 0 bridgehead atoms. The topological polar surface area (TPSA) is 67.8 Å². The first-order valence-corrected chi connectivity index (χ1v) is 16.0. The molecule has 0 N–H and O–H groups in total. The molecule has 34 heavy (non-hydrogen) atoms. The second-order valence-electron chi connectivity index (χ2n) is 10.6. The van der Waals surface area contributed by atoms with Gasteiger partial charge in [0.25, 0.3) is 0 Å². The van der Waals surface area contributed by atoms with Gasteiger partial charge in [0, 0.05) is 29.6 Å². The Morgan fingerprint density at radius 3 is 2.47 bits per heavy atom. The number of aromatic nitrogens is 2. The van der Waals surface area contributed by atoms with Crippen LogP contribution in [-0.2, 0) is 11.0 Å². The summed E-state index contributed by atoms with van der Waals surface area (Å²) in [7, 11) is -0.241. The van der Waals surface area contributed by atoms with Gasteiger partial charge in [0.15, 0.2) is 13.5 Å². The molecule has 2 heterocycles. The van der Waals surface area contributed by atoms with Crippen molar-refractivity contribution in [1.29, 1.82) is 0 Å². The number of anilines is 2. The zero-order chi connectivity index (χ0) is 24.7. The van der Waals surface area contributed by atoms with Crippen LogP contribution in [0.5, 0.6) is 5.75 Å². The molecule has 1 aromatic heterocycles. The third-order valence-corrected chi connectivity index (χ3v) is 12.5. The number of carbonyl (C=O) groups is 1. The van der Waals surface area contributed by atoms with Crippen LogP contribution >= 0.6 is 11.8 Å². The van der Waals surface area contributed by atoms with Gasteiger partial charge in [0.1, 0.15) is 11.6 Å². The summed E-state index contributed by atoms with van der Waals surface area (Å²) in [6.45, 7) is 11.8. The number of benzene rings is 1. The fraction of sp³-hybridized carbons (Fsp3) is 0.560. The van der Waals surface area contributed by atoms with E-state index in [1.807, 2.05) is 46.5 Å². The van der Waals surface area contributed by atoms with Gasteiger partial charge in [-0.1, -0.05) is 32.5 Å². The standard InChI is InChI=1S/C25H36N4O3SSi/c1-25(2,3)34(6,7)32-21-13-10-19(14-21)29-22-17(15-26-23(27-22)33-5)16-28(24(29)30)18-8-11-20(31-4)12-9-18/h8-9,11-12,15,19,21H,10,13-14,16H2,1-7H3/t19-,21-/m0/s1. The number of carbonyl (C=O) groups excluding carboxylic acids is 1. The van der Waals surface area contributed by atoms with Gasteiger partial charge in [-0.25, -0.2) is 14.8 Å². The summed E-state index contributed by atoms with van der Waals surface area (Å²) in [4.78, 5) is 26.9. The van der Waals surface area contributed by atoms with E-state index in [2.05, 4.69) is 38.8 Å². The van der Waals surface area contributed by atoms with Crippen molar-refractivity contribution in [3.8, 4) is 5.75 Å². The molecule has 0 radical (unpaired) electrons. The van der Waals surface area contributed by atoms with Crippen LogP contribution < -0.4 is 14.5 Å². The number of ether oxygens (including phenoxy) is 1. The second-order valence-corrected chi connectivity index (χ2v) is 16.1. The molecule has 1 aliphatic heterocycles. The van der Waals surface area contributed by atoms with Crippen LogP contribution in [0.3, 0.4) is 0 Å². The predicted octanol–water partition coefficient (Wildman–Crippen LogP) is 6.10. The SMILES string of the molecule is COc1ccc(N2Cc3cnc(SC)nc3N([C@H]3CC[C@H](O[Si](C)(C)C(C)(C)C)C3)C2=O)cc1. The van der Waals surface area contributed by atoms with E-state index in [1.165, 1.54) is 11.8 Å². The van der Waals surface area contributed by atoms with Crippen molar-refractivity contribution in [3.63, 3.8) is 0 Å². The highest BCUT2D eigenvalue weighted by Crippen LogP contribution is 2.42. The fourth-order valence-electron chi connectivity index (χ4n) is 4.40. The highest BCUT2D eigenvalue weighted by Gasteiger charge is 2.44. The fourth-order valence-corrected chi connectivity index (χ4v) is 6.14. The number of urea groups is 1. The van der Waals surface area contributed by atoms with E-state index >= 15 is 0 Å². The van der Waals surface area contributed by atoms with Crippen molar-refractivity contribution >= 4 is 37.6 Å². The Balaban J connectivity index is 1.64. The smallest absolute Gasteiger partial charge is 0.330 e. The molecule has 1 aliphatic carbocycles. The van der Waals surface area contributed by atoms with Gasteiger partial charge in [-0.2, -0.15) is 0 Å². The summed E-state index contributed by atoms with van der Waals surface area (Å²) in [5.74, 6) is 1.51. The molecule has 2 aliphatic rings. The summed E-state index contributed by atoms with van der Waals surface area (Å²) >= 11 is 1.49. The number of hydrogen-bond donors (Lipinski definition) is 0. The Morgan fingerprint density at radius 2 is 1.85 bits per heavy atom. The predicted molar refractivity (Wildman–Crippen MR) is 141 cm³/mol. The second kappa shape index (κ2) is 9.51. The van der Waals surface area contributed by atoms with Crippen LogP contribution in [0, 0.1) is 0 Å². The monoisotopic (exact) mass is 500 g/mol. The molecule has 4 rings (SSSR count). The Kier molecular flexibility index (Phi) is 6.99. The van der Waals surface area contributed by atoms with Crippen LogP contribution in [0.1, 0.15) is 45.6 Å². The average Bonchev–Trinajstić information content (AvgIpc) is 3.24. The maximum Gasteiger partial charge on any atom is 0.330 e. The molecule has 7 nitrogen and oxygen atoms in total. The number of methoxy groups -OCH3 is 1. The normalized spacial score (nSPS) is 21.1. The van der Waals surface area contributed by atoms with Crippen LogP contribution in [0.4, 0.5) is 16.3 Å².